The van der Waals surface area contributed by atoms with E-state index in [-0.39, 0.29) is 11.2 Å². The first-order chi connectivity index (χ1) is 19.5. The van der Waals surface area contributed by atoms with Crippen molar-refractivity contribution in [2.75, 3.05) is 75.2 Å². The van der Waals surface area contributed by atoms with E-state index in [9.17, 15) is 4.79 Å². The number of carbonyl (C=O) groups is 1. The predicted octanol–water partition coefficient (Wildman–Crippen LogP) is 2.90. The van der Waals surface area contributed by atoms with Crippen molar-refractivity contribution in [1.82, 2.24) is 19.9 Å². The number of hydrogen-bond acceptors (Lipinski definition) is 10. The van der Waals surface area contributed by atoms with Crippen LogP contribution < -0.4 is 25.6 Å². The maximum Gasteiger partial charge on any atom is 0.271 e. The van der Waals surface area contributed by atoms with Gasteiger partial charge in [0.15, 0.2) is 17.3 Å². The normalized spacial score (nSPS) is 18.9. The number of nitrogens with two attached hydrogens (primary N) is 1. The second-order valence-corrected chi connectivity index (χ2v) is 10.7. The summed E-state index contributed by atoms with van der Waals surface area (Å²) in [6, 6.07) is 11.8. The van der Waals surface area contributed by atoms with Crippen LogP contribution in [-0.4, -0.2) is 91.4 Å². The van der Waals surface area contributed by atoms with Crippen molar-refractivity contribution in [3.05, 3.63) is 48.3 Å². The number of amides is 1. The minimum Gasteiger partial charge on any atom is -0.494 e. The number of methoxy groups -OCH3 is 1. The van der Waals surface area contributed by atoms with Gasteiger partial charge in [0.05, 0.1) is 7.11 Å². The van der Waals surface area contributed by atoms with E-state index in [1.54, 1.807) is 19.4 Å². The molecule has 0 unspecified atom stereocenters. The molecule has 3 aliphatic rings. The predicted molar refractivity (Wildman–Crippen MR) is 155 cm³/mol. The zero-order valence-electron chi connectivity index (χ0n) is 23.1. The summed E-state index contributed by atoms with van der Waals surface area (Å²) in [5, 5.41) is 3.33. The van der Waals surface area contributed by atoms with E-state index >= 15 is 0 Å². The number of rotatable bonds is 7. The van der Waals surface area contributed by atoms with Crippen LogP contribution in [-0.2, 0) is 4.74 Å². The fourth-order valence-corrected chi connectivity index (χ4v) is 5.86. The number of nitrogens with zero attached hydrogens (tertiary/aromatic N) is 6. The monoisotopic (exact) mass is 544 g/mol. The Hall–Kier alpha value is -3.96. The summed E-state index contributed by atoms with van der Waals surface area (Å²) >= 11 is 0. The molecule has 2 aromatic heterocycles. The van der Waals surface area contributed by atoms with Gasteiger partial charge in [-0.1, -0.05) is 0 Å². The molecule has 3 aromatic rings. The minimum absolute atomic E-state index is 0.0520. The van der Waals surface area contributed by atoms with Crippen LogP contribution in [0.1, 0.15) is 29.8 Å². The Kier molecular flexibility index (Phi) is 7.16. The van der Waals surface area contributed by atoms with Crippen LogP contribution in [0.5, 0.6) is 5.75 Å². The summed E-state index contributed by atoms with van der Waals surface area (Å²) in [6.45, 7) is 6.30. The van der Waals surface area contributed by atoms with E-state index in [1.165, 1.54) is 5.69 Å². The Labute approximate surface area is 234 Å². The molecule has 0 atom stereocenters. The molecule has 1 aromatic carbocycles. The van der Waals surface area contributed by atoms with Crippen molar-refractivity contribution < 1.29 is 14.3 Å². The topological polar surface area (TPSA) is 122 Å². The maximum absolute atomic E-state index is 12.7. The fraction of sp³-hybridized carbons (Fsp3) is 0.448. The SMILES string of the molecule is COc1cccnc1-c1nc(C(N)=O)c(Nc2ccc(N3CCN(C)CC3)cc2)nc1N1CCC12CCOCC2. The molecule has 0 radical (unpaired) electrons. The number of pyridine rings is 1. The standard InChI is InChI=1S/C29H36N8O3/c1-35-14-16-36(17-15-35)21-7-5-20(6-8-21)32-27-25(26(30)38)33-24(23-22(39-2)4-3-12-31-23)28(34-27)37-13-9-29(37)10-18-40-19-11-29/h3-8,12H,9-11,13-19H2,1-2H3,(H2,30,38)(H,32,34). The van der Waals surface area contributed by atoms with Crippen LogP contribution in [0.3, 0.4) is 0 Å². The molecule has 6 rings (SSSR count). The molecule has 3 aliphatic heterocycles. The highest BCUT2D eigenvalue weighted by molar-refractivity contribution is 5.98. The molecule has 40 heavy (non-hydrogen) atoms. The number of aromatic nitrogens is 3. The first-order valence-corrected chi connectivity index (χ1v) is 13.8. The number of ether oxygens (including phenoxy) is 2. The summed E-state index contributed by atoms with van der Waals surface area (Å²) in [5.74, 6) is 0.862. The van der Waals surface area contributed by atoms with Crippen molar-refractivity contribution in [2.24, 2.45) is 5.73 Å². The van der Waals surface area contributed by atoms with Crippen LogP contribution in [0.15, 0.2) is 42.6 Å². The van der Waals surface area contributed by atoms with Gasteiger partial charge in [0.1, 0.15) is 17.1 Å². The molecule has 3 fully saturated rings. The second-order valence-electron chi connectivity index (χ2n) is 10.7. The van der Waals surface area contributed by atoms with Crippen LogP contribution >= 0.6 is 0 Å². The van der Waals surface area contributed by atoms with Crippen LogP contribution in [0.2, 0.25) is 0 Å². The van der Waals surface area contributed by atoms with Gasteiger partial charge in [-0.05, 0) is 62.7 Å². The van der Waals surface area contributed by atoms with E-state index in [1.807, 2.05) is 18.2 Å². The third-order valence-corrected chi connectivity index (χ3v) is 8.38. The Bertz CT molecular complexity index is 1370. The van der Waals surface area contributed by atoms with Crippen molar-refractivity contribution in [1.29, 1.82) is 0 Å². The van der Waals surface area contributed by atoms with E-state index in [0.29, 0.717) is 42.0 Å². The summed E-state index contributed by atoms with van der Waals surface area (Å²) in [6.07, 6.45) is 4.54. The highest BCUT2D eigenvalue weighted by Gasteiger charge is 2.47. The molecule has 0 bridgehead atoms. The molecular weight excluding hydrogens is 508 g/mol. The van der Waals surface area contributed by atoms with E-state index in [2.05, 4.69) is 44.2 Å². The summed E-state index contributed by atoms with van der Waals surface area (Å²) < 4.78 is 11.3. The molecule has 210 valence electrons. The molecule has 0 aliphatic carbocycles. The van der Waals surface area contributed by atoms with Gasteiger partial charge in [0.25, 0.3) is 5.91 Å². The number of carbonyl (C=O) groups excluding carboxylic acids is 1. The molecule has 3 N–H and O–H groups in total. The smallest absolute Gasteiger partial charge is 0.271 e. The van der Waals surface area contributed by atoms with Gasteiger partial charge in [0, 0.05) is 69.0 Å². The Morgan fingerprint density at radius 3 is 2.40 bits per heavy atom. The lowest BCUT2D eigenvalue weighted by atomic mass is 9.78. The number of likely N-dealkylation sites (N-methyl/N-ethyl adjacent to an activating group) is 1. The van der Waals surface area contributed by atoms with Gasteiger partial charge in [-0.25, -0.2) is 9.97 Å². The van der Waals surface area contributed by atoms with Crippen molar-refractivity contribution in [3.8, 4) is 17.1 Å². The molecule has 11 nitrogen and oxygen atoms in total. The lowest BCUT2D eigenvalue weighted by molar-refractivity contribution is 0.0285. The number of primary amides is 1. The average molecular weight is 545 g/mol. The second kappa shape index (κ2) is 10.9. The zero-order chi connectivity index (χ0) is 27.7. The Morgan fingerprint density at radius 1 is 1.00 bits per heavy atom. The van der Waals surface area contributed by atoms with Crippen molar-refractivity contribution in [2.45, 2.75) is 24.8 Å². The molecule has 11 heteroatoms. The average Bonchev–Trinajstić information content (AvgIpc) is 2.98. The van der Waals surface area contributed by atoms with E-state index in [0.717, 1.165) is 57.7 Å². The maximum atomic E-state index is 12.7. The first kappa shape index (κ1) is 26.3. The number of piperazine rings is 1. The van der Waals surface area contributed by atoms with E-state index < -0.39 is 5.91 Å². The summed E-state index contributed by atoms with van der Waals surface area (Å²) in [7, 11) is 3.74. The first-order valence-electron chi connectivity index (χ1n) is 13.8. The minimum atomic E-state index is -0.670. The lowest BCUT2D eigenvalue weighted by Crippen LogP contribution is -2.63. The summed E-state index contributed by atoms with van der Waals surface area (Å²) in [5.41, 5.74) is 8.82. The molecule has 0 saturated carbocycles. The Balaban J connectivity index is 1.39. The van der Waals surface area contributed by atoms with Gasteiger partial charge < -0.3 is 35.2 Å². The van der Waals surface area contributed by atoms with Crippen LogP contribution in [0.25, 0.3) is 11.4 Å². The van der Waals surface area contributed by atoms with Gasteiger partial charge in [0.2, 0.25) is 0 Å². The van der Waals surface area contributed by atoms with Crippen LogP contribution in [0.4, 0.5) is 23.0 Å². The van der Waals surface area contributed by atoms with Crippen molar-refractivity contribution >= 4 is 28.9 Å². The molecule has 1 amide bonds. The van der Waals surface area contributed by atoms with Crippen molar-refractivity contribution in [3.63, 3.8) is 0 Å². The van der Waals surface area contributed by atoms with Gasteiger partial charge in [-0.3, -0.25) is 9.78 Å². The van der Waals surface area contributed by atoms with Crippen LogP contribution in [0, 0.1) is 0 Å². The van der Waals surface area contributed by atoms with Gasteiger partial charge >= 0.3 is 0 Å². The third kappa shape index (κ3) is 4.90. The lowest BCUT2D eigenvalue weighted by Gasteiger charge is -2.55. The largest absolute Gasteiger partial charge is 0.494 e. The highest BCUT2D eigenvalue weighted by Crippen LogP contribution is 2.46. The van der Waals surface area contributed by atoms with Gasteiger partial charge in [-0.2, -0.15) is 0 Å². The number of hydrogen-bond donors (Lipinski definition) is 2. The molecule has 3 saturated heterocycles. The molecular formula is C29H36N8O3. The highest BCUT2D eigenvalue weighted by atomic mass is 16.5. The molecule has 1 spiro atoms. The third-order valence-electron chi connectivity index (χ3n) is 8.38. The quantitative estimate of drug-likeness (QED) is 0.459. The number of nitrogens with one attached hydrogen (secondary N) is 1. The Morgan fingerprint density at radius 2 is 1.75 bits per heavy atom. The van der Waals surface area contributed by atoms with Gasteiger partial charge in [-0.15, -0.1) is 0 Å². The number of benzene rings is 1. The fourth-order valence-electron chi connectivity index (χ4n) is 5.86. The summed E-state index contributed by atoms with van der Waals surface area (Å²) in [4.78, 5) is 34.1. The zero-order valence-corrected chi connectivity index (χ0v) is 23.1. The molecule has 5 heterocycles. The number of anilines is 4. The van der Waals surface area contributed by atoms with E-state index in [4.69, 9.17) is 25.2 Å².